The summed E-state index contributed by atoms with van der Waals surface area (Å²) in [7, 11) is 0. The Kier molecular flexibility index (Phi) is 7.79. The molecule has 0 N–H and O–H groups in total. The van der Waals surface area contributed by atoms with Crippen LogP contribution in [0, 0.1) is 0 Å². The van der Waals surface area contributed by atoms with Crippen LogP contribution in [-0.2, 0) is 5.41 Å². The molecule has 3 heteroatoms. The smallest absolute Gasteiger partial charge is 0.0588 e. The van der Waals surface area contributed by atoms with E-state index in [0.29, 0.717) is 0 Å². The van der Waals surface area contributed by atoms with Crippen LogP contribution in [0.25, 0.3) is 81.0 Å². The number of fused-ring (bicyclic) bond motifs is 10. The SMILES string of the molecule is CC1(C)c2ccccc2-c2ccc3c4ccccc4n(-c4ccc(N(c5ccc(-c6ccccc6)cc5)c5ccc(-c6cccc7c6sc6ccccc67)cc5)cc4)c3c21. The molecule has 12 rings (SSSR count). The van der Waals surface area contributed by atoms with Gasteiger partial charge in [-0.15, -0.1) is 11.3 Å². The second-order valence-electron chi connectivity index (χ2n) is 16.5. The largest absolute Gasteiger partial charge is 0.311 e. The molecule has 0 amide bonds. The molecule has 0 aliphatic heterocycles. The van der Waals surface area contributed by atoms with Gasteiger partial charge in [0, 0.05) is 59.1 Å². The molecule has 0 fully saturated rings. The molecule has 2 heterocycles. The molecule has 0 saturated heterocycles. The normalized spacial score (nSPS) is 13.0. The Balaban J connectivity index is 0.992. The summed E-state index contributed by atoms with van der Waals surface area (Å²) in [5.74, 6) is 0. The number of hydrogen-bond donors (Lipinski definition) is 0. The molecule has 0 radical (unpaired) electrons. The van der Waals surface area contributed by atoms with Gasteiger partial charge in [0.2, 0.25) is 0 Å². The van der Waals surface area contributed by atoms with Gasteiger partial charge in [0.1, 0.15) is 0 Å². The van der Waals surface area contributed by atoms with E-state index in [9.17, 15) is 0 Å². The van der Waals surface area contributed by atoms with E-state index in [4.69, 9.17) is 0 Å². The van der Waals surface area contributed by atoms with Crippen molar-refractivity contribution in [1.29, 1.82) is 0 Å². The average molecular weight is 785 g/mol. The third-order valence-electron chi connectivity index (χ3n) is 12.8. The highest BCUT2D eigenvalue weighted by Crippen LogP contribution is 2.53. The zero-order chi connectivity index (χ0) is 40.0. The van der Waals surface area contributed by atoms with Crippen LogP contribution in [0.5, 0.6) is 0 Å². The van der Waals surface area contributed by atoms with Gasteiger partial charge in [-0.3, -0.25) is 0 Å². The lowest BCUT2D eigenvalue weighted by Gasteiger charge is -2.26. The molecule has 1 aliphatic rings. The van der Waals surface area contributed by atoms with Gasteiger partial charge >= 0.3 is 0 Å². The Labute approximate surface area is 353 Å². The van der Waals surface area contributed by atoms with E-state index in [-0.39, 0.29) is 5.41 Å². The number of para-hydroxylation sites is 1. The highest BCUT2D eigenvalue weighted by Gasteiger charge is 2.38. The maximum absolute atomic E-state index is 2.50. The number of thiophene rings is 1. The quantitative estimate of drug-likeness (QED) is 0.163. The first kappa shape index (κ1) is 34.8. The second-order valence-corrected chi connectivity index (χ2v) is 17.6. The van der Waals surface area contributed by atoms with Gasteiger partial charge in [-0.1, -0.05) is 159 Å². The Morgan fingerprint density at radius 1 is 0.417 bits per heavy atom. The molecule has 60 heavy (non-hydrogen) atoms. The van der Waals surface area contributed by atoms with Crippen molar-refractivity contribution in [3.63, 3.8) is 0 Å². The fraction of sp³-hybridized carbons (Fsp3) is 0.0526. The first-order valence-corrected chi connectivity index (χ1v) is 21.6. The molecule has 0 spiro atoms. The van der Waals surface area contributed by atoms with Crippen molar-refractivity contribution < 1.29 is 0 Å². The Morgan fingerprint density at radius 2 is 1.00 bits per heavy atom. The molecular formula is C57H40N2S. The fourth-order valence-corrected chi connectivity index (χ4v) is 11.2. The number of benzene rings is 9. The van der Waals surface area contributed by atoms with Crippen molar-refractivity contribution in [2.24, 2.45) is 0 Å². The molecule has 0 atom stereocenters. The zero-order valence-electron chi connectivity index (χ0n) is 33.4. The van der Waals surface area contributed by atoms with Gasteiger partial charge in [0.05, 0.1) is 11.0 Å². The summed E-state index contributed by atoms with van der Waals surface area (Å²) in [5, 5.41) is 5.21. The van der Waals surface area contributed by atoms with Crippen molar-refractivity contribution in [3.05, 3.63) is 217 Å². The van der Waals surface area contributed by atoms with E-state index < -0.39 is 0 Å². The summed E-state index contributed by atoms with van der Waals surface area (Å²) in [6.07, 6.45) is 0. The Morgan fingerprint density at radius 3 is 1.77 bits per heavy atom. The van der Waals surface area contributed by atoms with Crippen molar-refractivity contribution in [2.75, 3.05) is 4.90 Å². The summed E-state index contributed by atoms with van der Waals surface area (Å²) in [6, 6.07) is 75.8. The molecule has 0 saturated carbocycles. The van der Waals surface area contributed by atoms with Crippen LogP contribution in [0.2, 0.25) is 0 Å². The maximum Gasteiger partial charge on any atom is 0.0588 e. The molecule has 11 aromatic rings. The fourth-order valence-electron chi connectivity index (χ4n) is 9.98. The predicted octanol–water partition coefficient (Wildman–Crippen LogP) is 16.3. The van der Waals surface area contributed by atoms with E-state index in [1.54, 1.807) is 0 Å². The van der Waals surface area contributed by atoms with Crippen LogP contribution >= 0.6 is 11.3 Å². The minimum Gasteiger partial charge on any atom is -0.311 e. The van der Waals surface area contributed by atoms with Gasteiger partial charge in [0.25, 0.3) is 0 Å². The lowest BCUT2D eigenvalue weighted by molar-refractivity contribution is 0.664. The van der Waals surface area contributed by atoms with Gasteiger partial charge in [-0.05, 0) is 105 Å². The third-order valence-corrected chi connectivity index (χ3v) is 14.0. The lowest BCUT2D eigenvalue weighted by atomic mass is 9.81. The zero-order valence-corrected chi connectivity index (χ0v) is 34.2. The number of nitrogens with zero attached hydrogens (tertiary/aromatic N) is 2. The van der Waals surface area contributed by atoms with Crippen LogP contribution in [0.15, 0.2) is 206 Å². The molecule has 9 aromatic carbocycles. The molecular weight excluding hydrogens is 745 g/mol. The molecule has 284 valence electrons. The highest BCUT2D eigenvalue weighted by atomic mass is 32.1. The van der Waals surface area contributed by atoms with Crippen molar-refractivity contribution in [2.45, 2.75) is 19.3 Å². The summed E-state index contributed by atoms with van der Waals surface area (Å²) < 4.78 is 5.16. The molecule has 2 aromatic heterocycles. The second kappa shape index (κ2) is 13.4. The molecule has 0 bridgehead atoms. The lowest BCUT2D eigenvalue weighted by Crippen LogP contribution is -2.16. The molecule has 2 nitrogen and oxygen atoms in total. The summed E-state index contributed by atoms with van der Waals surface area (Å²) >= 11 is 1.88. The topological polar surface area (TPSA) is 8.17 Å². The van der Waals surface area contributed by atoms with Gasteiger partial charge in [0.15, 0.2) is 0 Å². The number of anilines is 3. The summed E-state index contributed by atoms with van der Waals surface area (Å²) in [5.41, 5.74) is 17.2. The highest BCUT2D eigenvalue weighted by molar-refractivity contribution is 7.26. The van der Waals surface area contributed by atoms with Crippen molar-refractivity contribution in [1.82, 2.24) is 4.57 Å². The Hall–Kier alpha value is -7.20. The Bertz CT molecular complexity index is 3420. The van der Waals surface area contributed by atoms with Crippen molar-refractivity contribution in [3.8, 4) is 39.1 Å². The van der Waals surface area contributed by atoms with Gasteiger partial charge in [-0.25, -0.2) is 0 Å². The van der Waals surface area contributed by atoms with E-state index in [2.05, 4.69) is 230 Å². The van der Waals surface area contributed by atoms with Crippen LogP contribution in [0.1, 0.15) is 25.0 Å². The van der Waals surface area contributed by atoms with Crippen LogP contribution < -0.4 is 4.90 Å². The van der Waals surface area contributed by atoms with Crippen molar-refractivity contribution >= 4 is 70.4 Å². The third kappa shape index (κ3) is 5.26. The maximum atomic E-state index is 2.50. The van der Waals surface area contributed by atoms with E-state index in [1.807, 2.05) is 11.3 Å². The molecule has 0 unspecified atom stereocenters. The number of rotatable bonds is 6. The summed E-state index contributed by atoms with van der Waals surface area (Å²) in [4.78, 5) is 2.38. The first-order chi connectivity index (χ1) is 29.5. The summed E-state index contributed by atoms with van der Waals surface area (Å²) in [6.45, 7) is 4.77. The van der Waals surface area contributed by atoms with Crippen LogP contribution in [-0.4, -0.2) is 4.57 Å². The van der Waals surface area contributed by atoms with Gasteiger partial charge < -0.3 is 9.47 Å². The average Bonchev–Trinajstić information content (AvgIpc) is 3.93. The standard InChI is InChI=1S/C57H40N2S/c1-57(2)51-20-9-6-15-45(51)48-35-36-49-46-16-7-10-21-52(46)59(55(49)54(48)57)43-33-31-42(32-34-43)58(40-27-23-38(24-28-40)37-13-4-3-5-14-37)41-29-25-39(26-30-41)44-18-12-19-50-47-17-8-11-22-53(47)60-56(44)50/h3-36H,1-2H3. The predicted molar refractivity (Wildman–Crippen MR) is 257 cm³/mol. The van der Waals surface area contributed by atoms with E-state index >= 15 is 0 Å². The number of aromatic nitrogens is 1. The first-order valence-electron chi connectivity index (χ1n) is 20.8. The minimum absolute atomic E-state index is 0.144. The number of hydrogen-bond acceptors (Lipinski definition) is 2. The van der Waals surface area contributed by atoms with E-state index in [1.165, 1.54) is 86.5 Å². The monoisotopic (exact) mass is 784 g/mol. The van der Waals surface area contributed by atoms with Gasteiger partial charge in [-0.2, -0.15) is 0 Å². The van der Waals surface area contributed by atoms with E-state index in [0.717, 1.165) is 22.7 Å². The van der Waals surface area contributed by atoms with Crippen LogP contribution in [0.4, 0.5) is 17.1 Å². The van der Waals surface area contributed by atoms with Crippen LogP contribution in [0.3, 0.4) is 0 Å². The molecule has 1 aliphatic carbocycles. The minimum atomic E-state index is -0.144.